The summed E-state index contributed by atoms with van der Waals surface area (Å²) < 4.78 is 21.4. The molecule has 0 saturated carbocycles. The van der Waals surface area contributed by atoms with Crippen molar-refractivity contribution in [2.24, 2.45) is 0 Å². The molecular weight excluding hydrogens is 237 g/mol. The second-order valence-corrected chi connectivity index (χ2v) is 3.48. The third kappa shape index (κ3) is 11.6. The summed E-state index contributed by atoms with van der Waals surface area (Å²) in [5, 5.41) is 0. The maximum absolute atomic E-state index is 9.44. The van der Waals surface area contributed by atoms with Crippen molar-refractivity contribution in [1.29, 1.82) is 0 Å². The minimum atomic E-state index is -5.61. The Morgan fingerprint density at radius 3 is 1.50 bits per heavy atom. The van der Waals surface area contributed by atoms with Crippen molar-refractivity contribution in [3.05, 3.63) is 0 Å². The number of hydrogen-bond acceptors (Lipinski definition) is 6. The van der Waals surface area contributed by atoms with Crippen LogP contribution in [0.3, 0.4) is 0 Å². The van der Waals surface area contributed by atoms with Crippen LogP contribution in [0.2, 0.25) is 0 Å². The first kappa shape index (κ1) is 13.4. The molecule has 10 heteroatoms. The predicted octanol–water partition coefficient (Wildman–Crippen LogP) is -2.71. The number of phosphoric acid groups is 2. The van der Waals surface area contributed by atoms with Gasteiger partial charge in [-0.1, -0.05) is 0 Å². The Labute approximate surface area is 66.4 Å². The summed E-state index contributed by atoms with van der Waals surface area (Å²) in [5.41, 5.74) is 0. The van der Waals surface area contributed by atoms with Crippen LogP contribution in [0, 0.1) is 0 Å². The Balaban J connectivity index is 0. The summed E-state index contributed by atoms with van der Waals surface area (Å²) in [7, 11) is -11.0. The normalized spacial score (nSPS) is 17.2. The van der Waals surface area contributed by atoms with Gasteiger partial charge < -0.3 is 24.1 Å². The van der Waals surface area contributed by atoms with Gasteiger partial charge in [-0.2, -0.15) is 0 Å². The average molecular weight is 238 g/mol. The molecule has 0 aromatic rings. The summed E-state index contributed by atoms with van der Waals surface area (Å²) in [5.74, 6) is 0. The average Bonchev–Trinajstić information content (AvgIpc) is 1.14. The van der Waals surface area contributed by atoms with Crippen molar-refractivity contribution in [2.45, 2.75) is 0 Å². The molecule has 7 nitrogen and oxygen atoms in total. The number of hydrogen-bond donors (Lipinski definition) is 1. The van der Waals surface area contributed by atoms with Gasteiger partial charge in [0.15, 0.2) is 0 Å². The van der Waals surface area contributed by atoms with Crippen LogP contribution in [0.1, 0.15) is 0 Å². The molecule has 0 aromatic heterocycles. The van der Waals surface area contributed by atoms with Crippen LogP contribution in [0.5, 0.6) is 0 Å². The van der Waals surface area contributed by atoms with E-state index in [0.29, 0.717) is 0 Å². The summed E-state index contributed by atoms with van der Waals surface area (Å²) in [4.78, 5) is 35.7. The zero-order valence-electron chi connectivity index (χ0n) is 4.09. The van der Waals surface area contributed by atoms with Gasteiger partial charge in [0.2, 0.25) is 0 Å². The molecule has 64 valence electrons. The van der Waals surface area contributed by atoms with Crippen molar-refractivity contribution in [3.63, 3.8) is 0 Å². The maximum Gasteiger partial charge on any atom is 3.00 e. The van der Waals surface area contributed by atoms with Gasteiger partial charge in [0, 0.05) is 0 Å². The monoisotopic (exact) mass is 238 g/mol. The molecule has 1 N–H and O–H groups in total. The molecule has 10 heavy (non-hydrogen) atoms. The first-order valence-corrected chi connectivity index (χ1v) is 4.43. The van der Waals surface area contributed by atoms with E-state index in [4.69, 9.17) is 4.89 Å². The third-order valence-corrected chi connectivity index (χ3v) is 1.83. The van der Waals surface area contributed by atoms with Crippen molar-refractivity contribution >= 4 is 15.6 Å². The molecule has 0 aliphatic carbocycles. The van der Waals surface area contributed by atoms with Gasteiger partial charge in [-0.25, -0.2) is 0 Å². The van der Waals surface area contributed by atoms with Crippen LogP contribution in [0.15, 0.2) is 0 Å². The SMILES string of the molecule is O=P([O-])([O-])OP(=O)([O-])O.[Cu+3]. The fourth-order valence-electron chi connectivity index (χ4n) is 0.126. The van der Waals surface area contributed by atoms with Crippen molar-refractivity contribution < 1.29 is 50.1 Å². The van der Waals surface area contributed by atoms with Crippen LogP contribution in [-0.2, 0) is 30.5 Å². The van der Waals surface area contributed by atoms with Crippen LogP contribution in [0.25, 0.3) is 0 Å². The summed E-state index contributed by atoms with van der Waals surface area (Å²) in [6.07, 6.45) is 0. The minimum Gasteiger partial charge on any atom is -0.790 e. The molecule has 0 spiro atoms. The van der Waals surface area contributed by atoms with Crippen LogP contribution in [-0.4, -0.2) is 4.89 Å². The molecule has 0 fully saturated rings. The third-order valence-electron chi connectivity index (χ3n) is 0.203. The fourth-order valence-corrected chi connectivity index (χ4v) is 1.14. The Morgan fingerprint density at radius 2 is 1.50 bits per heavy atom. The van der Waals surface area contributed by atoms with E-state index in [1.165, 1.54) is 0 Å². The van der Waals surface area contributed by atoms with Crippen LogP contribution in [0.4, 0.5) is 0 Å². The van der Waals surface area contributed by atoms with Gasteiger partial charge in [0.1, 0.15) is 0 Å². The van der Waals surface area contributed by atoms with Crippen LogP contribution >= 0.6 is 15.6 Å². The maximum atomic E-state index is 9.44. The zero-order chi connectivity index (χ0) is 7.71. The summed E-state index contributed by atoms with van der Waals surface area (Å²) in [6.45, 7) is 0. The summed E-state index contributed by atoms with van der Waals surface area (Å²) in [6, 6.07) is 0. The van der Waals surface area contributed by atoms with E-state index in [2.05, 4.69) is 4.31 Å². The predicted molar refractivity (Wildman–Crippen MR) is 18.5 cm³/mol. The van der Waals surface area contributed by atoms with E-state index in [1.807, 2.05) is 0 Å². The molecule has 0 bridgehead atoms. The Bertz CT molecular complexity index is 152. The van der Waals surface area contributed by atoms with Gasteiger partial charge >= 0.3 is 17.1 Å². The quantitative estimate of drug-likeness (QED) is 0.408. The molecule has 0 saturated heterocycles. The first-order chi connectivity index (χ1) is 3.71. The molecule has 0 aliphatic rings. The molecule has 0 rings (SSSR count). The van der Waals surface area contributed by atoms with Gasteiger partial charge in [-0.15, -0.1) is 0 Å². The van der Waals surface area contributed by atoms with E-state index in [1.54, 1.807) is 0 Å². The Kier molecular flexibility index (Phi) is 5.31. The van der Waals surface area contributed by atoms with E-state index in [-0.39, 0.29) is 17.1 Å². The van der Waals surface area contributed by atoms with Crippen molar-refractivity contribution in [1.82, 2.24) is 0 Å². The molecule has 0 amide bonds. The van der Waals surface area contributed by atoms with Gasteiger partial charge in [-0.05, 0) is 0 Å². The van der Waals surface area contributed by atoms with E-state index >= 15 is 0 Å². The minimum absolute atomic E-state index is 0. The molecule has 0 heterocycles. The summed E-state index contributed by atoms with van der Waals surface area (Å²) >= 11 is 0. The molecule has 1 unspecified atom stereocenters. The molecule has 0 radical (unpaired) electrons. The second kappa shape index (κ2) is 3.97. The largest absolute Gasteiger partial charge is 3.00 e. The van der Waals surface area contributed by atoms with Crippen molar-refractivity contribution in [2.75, 3.05) is 0 Å². The van der Waals surface area contributed by atoms with E-state index < -0.39 is 15.6 Å². The topological polar surface area (TPSA) is 133 Å². The Morgan fingerprint density at radius 1 is 1.20 bits per heavy atom. The smallest absolute Gasteiger partial charge is 0.790 e. The van der Waals surface area contributed by atoms with Gasteiger partial charge in [-0.3, -0.25) is 8.88 Å². The van der Waals surface area contributed by atoms with Crippen LogP contribution < -0.4 is 14.7 Å². The zero-order valence-corrected chi connectivity index (χ0v) is 6.82. The Hall–Kier alpha value is 0.779. The van der Waals surface area contributed by atoms with Gasteiger partial charge in [0.25, 0.3) is 7.82 Å². The number of rotatable bonds is 2. The first-order valence-electron chi connectivity index (χ1n) is 1.48. The second-order valence-electron chi connectivity index (χ2n) is 0.997. The molecule has 0 aliphatic heterocycles. The fraction of sp³-hybridized carbons (Fsp3) is 0. The molecule has 1 atom stereocenters. The molecular formula is HCuO7P2. The van der Waals surface area contributed by atoms with Gasteiger partial charge in [0.05, 0.1) is 7.82 Å². The molecule has 0 aromatic carbocycles. The standard InChI is InChI=1S/Cu.H4O7P2/c;1-8(2,3)7-9(4,5)6/h;(H2,1,2,3)(H2,4,5,6)/q+3;/p-3. The van der Waals surface area contributed by atoms with E-state index in [0.717, 1.165) is 0 Å². The van der Waals surface area contributed by atoms with Crippen molar-refractivity contribution in [3.8, 4) is 0 Å². The van der Waals surface area contributed by atoms with E-state index in [9.17, 15) is 23.8 Å².